The molecule has 1 aromatic heterocycles. The minimum Gasteiger partial charge on any atom is -0.497 e. The van der Waals surface area contributed by atoms with E-state index in [0.29, 0.717) is 12.3 Å². The first kappa shape index (κ1) is 13.6. The smallest absolute Gasteiger partial charge is 0.216 e. The van der Waals surface area contributed by atoms with Gasteiger partial charge in [0.25, 0.3) is 0 Å². The minimum absolute atomic E-state index is 0.148. The van der Waals surface area contributed by atoms with Crippen LogP contribution in [0.25, 0.3) is 0 Å². The zero-order valence-electron chi connectivity index (χ0n) is 10.8. The summed E-state index contributed by atoms with van der Waals surface area (Å²) in [7, 11) is 3.22. The van der Waals surface area contributed by atoms with Crippen LogP contribution in [0.4, 0.5) is 0 Å². The fraction of sp³-hybridized carbons (Fsp3) is 0.286. The van der Waals surface area contributed by atoms with E-state index < -0.39 is 0 Å². The van der Waals surface area contributed by atoms with Gasteiger partial charge in [-0.05, 0) is 17.7 Å². The molecule has 0 aliphatic heterocycles. The molecule has 0 radical (unpaired) electrons. The third kappa shape index (κ3) is 3.58. The van der Waals surface area contributed by atoms with Crippen LogP contribution < -0.4 is 9.47 Å². The summed E-state index contributed by atoms with van der Waals surface area (Å²) >= 11 is 6.39. The van der Waals surface area contributed by atoms with Gasteiger partial charge in [0.05, 0.1) is 19.6 Å². The maximum absolute atomic E-state index is 6.39. The molecule has 0 amide bonds. The molecule has 1 heterocycles. The number of benzene rings is 1. The van der Waals surface area contributed by atoms with Crippen molar-refractivity contribution < 1.29 is 9.47 Å². The van der Waals surface area contributed by atoms with Gasteiger partial charge in [-0.2, -0.15) is 0 Å². The Hall–Kier alpha value is -1.81. The molecular formula is C14H15ClN2O2. The standard InChI is InChI=1S/C14H15ClN2O2/c1-18-12-5-3-10(4-6-12)13(15)7-11-8-14(19-2)17-9-16-11/h3-6,8-9,13H,7H2,1-2H3. The van der Waals surface area contributed by atoms with Crippen LogP contribution in [0.1, 0.15) is 16.6 Å². The summed E-state index contributed by atoms with van der Waals surface area (Å²) in [6, 6.07) is 9.49. The summed E-state index contributed by atoms with van der Waals surface area (Å²) in [4.78, 5) is 8.15. The maximum atomic E-state index is 6.39. The van der Waals surface area contributed by atoms with Gasteiger partial charge in [0, 0.05) is 18.2 Å². The van der Waals surface area contributed by atoms with Crippen molar-refractivity contribution in [2.45, 2.75) is 11.8 Å². The summed E-state index contributed by atoms with van der Waals surface area (Å²) in [5, 5.41) is -0.148. The Kier molecular flexibility index (Phi) is 4.58. The van der Waals surface area contributed by atoms with Gasteiger partial charge in [-0.1, -0.05) is 12.1 Å². The molecular weight excluding hydrogens is 264 g/mol. The van der Waals surface area contributed by atoms with Crippen LogP contribution in [-0.4, -0.2) is 24.2 Å². The van der Waals surface area contributed by atoms with E-state index in [-0.39, 0.29) is 5.38 Å². The molecule has 1 unspecified atom stereocenters. The molecule has 0 saturated heterocycles. The summed E-state index contributed by atoms with van der Waals surface area (Å²) in [6.45, 7) is 0. The molecule has 5 heteroatoms. The van der Waals surface area contributed by atoms with Crippen molar-refractivity contribution in [2.75, 3.05) is 14.2 Å². The van der Waals surface area contributed by atoms with Gasteiger partial charge >= 0.3 is 0 Å². The number of hydrogen-bond donors (Lipinski definition) is 0. The number of rotatable bonds is 5. The lowest BCUT2D eigenvalue weighted by Crippen LogP contribution is -2.00. The first-order chi connectivity index (χ1) is 9.22. The summed E-state index contributed by atoms with van der Waals surface area (Å²) in [6.07, 6.45) is 2.10. The highest BCUT2D eigenvalue weighted by Gasteiger charge is 2.11. The lowest BCUT2D eigenvalue weighted by molar-refractivity contribution is 0.396. The first-order valence-corrected chi connectivity index (χ1v) is 6.29. The average Bonchev–Trinajstić information content (AvgIpc) is 2.47. The molecule has 19 heavy (non-hydrogen) atoms. The molecule has 4 nitrogen and oxygen atoms in total. The summed E-state index contributed by atoms with van der Waals surface area (Å²) in [5.74, 6) is 1.36. The number of alkyl halides is 1. The van der Waals surface area contributed by atoms with Crippen LogP contribution in [0.2, 0.25) is 0 Å². The van der Waals surface area contributed by atoms with Crippen molar-refractivity contribution in [3.8, 4) is 11.6 Å². The molecule has 1 aromatic carbocycles. The van der Waals surface area contributed by atoms with Crippen molar-refractivity contribution in [3.63, 3.8) is 0 Å². The summed E-state index contributed by atoms with van der Waals surface area (Å²) < 4.78 is 10.2. The number of halogens is 1. The normalized spacial score (nSPS) is 11.9. The van der Waals surface area contributed by atoms with E-state index in [0.717, 1.165) is 17.0 Å². The Morgan fingerprint density at radius 2 is 1.84 bits per heavy atom. The summed E-state index contributed by atoms with van der Waals surface area (Å²) in [5.41, 5.74) is 1.88. The lowest BCUT2D eigenvalue weighted by Gasteiger charge is -2.10. The van der Waals surface area contributed by atoms with Crippen LogP contribution in [0.15, 0.2) is 36.7 Å². The molecule has 0 aliphatic rings. The van der Waals surface area contributed by atoms with Gasteiger partial charge in [0.1, 0.15) is 12.1 Å². The van der Waals surface area contributed by atoms with Crippen molar-refractivity contribution in [1.29, 1.82) is 0 Å². The molecule has 2 rings (SSSR count). The second-order valence-corrected chi connectivity index (χ2v) is 4.52. The number of methoxy groups -OCH3 is 2. The fourth-order valence-corrected chi connectivity index (χ4v) is 2.02. The number of aromatic nitrogens is 2. The van der Waals surface area contributed by atoms with Crippen molar-refractivity contribution in [1.82, 2.24) is 9.97 Å². The van der Waals surface area contributed by atoms with Gasteiger partial charge < -0.3 is 9.47 Å². The number of nitrogens with zero attached hydrogens (tertiary/aromatic N) is 2. The minimum atomic E-state index is -0.148. The second kappa shape index (κ2) is 6.38. The fourth-order valence-electron chi connectivity index (χ4n) is 1.71. The molecule has 0 N–H and O–H groups in total. The molecule has 0 bridgehead atoms. The van der Waals surface area contributed by atoms with Gasteiger partial charge in [-0.3, -0.25) is 0 Å². The molecule has 1 atom stereocenters. The third-order valence-electron chi connectivity index (χ3n) is 2.77. The Balaban J connectivity index is 2.08. The topological polar surface area (TPSA) is 44.2 Å². The monoisotopic (exact) mass is 278 g/mol. The van der Waals surface area contributed by atoms with Crippen molar-refractivity contribution in [2.24, 2.45) is 0 Å². The number of hydrogen-bond acceptors (Lipinski definition) is 4. The highest BCUT2D eigenvalue weighted by atomic mass is 35.5. The van der Waals surface area contributed by atoms with Gasteiger partial charge in [0.15, 0.2) is 0 Å². The molecule has 0 aliphatic carbocycles. The first-order valence-electron chi connectivity index (χ1n) is 5.86. The maximum Gasteiger partial charge on any atom is 0.216 e. The van der Waals surface area contributed by atoms with Crippen LogP contribution in [0.3, 0.4) is 0 Å². The Labute approximate surface area is 117 Å². The molecule has 100 valence electrons. The van der Waals surface area contributed by atoms with E-state index in [9.17, 15) is 0 Å². The van der Waals surface area contributed by atoms with Crippen molar-refractivity contribution >= 4 is 11.6 Å². The van der Waals surface area contributed by atoms with E-state index in [4.69, 9.17) is 21.1 Å². The van der Waals surface area contributed by atoms with Crippen LogP contribution in [0.5, 0.6) is 11.6 Å². The highest BCUT2D eigenvalue weighted by Crippen LogP contribution is 2.26. The van der Waals surface area contributed by atoms with E-state index in [2.05, 4.69) is 9.97 Å². The molecule has 2 aromatic rings. The number of ether oxygens (including phenoxy) is 2. The largest absolute Gasteiger partial charge is 0.497 e. The van der Waals surface area contributed by atoms with Crippen LogP contribution in [0, 0.1) is 0 Å². The van der Waals surface area contributed by atoms with Crippen molar-refractivity contribution in [3.05, 3.63) is 47.9 Å². The van der Waals surface area contributed by atoms with E-state index in [1.165, 1.54) is 6.33 Å². The van der Waals surface area contributed by atoms with E-state index in [1.807, 2.05) is 24.3 Å². The molecule has 0 spiro atoms. The Bertz CT molecular complexity index is 531. The Morgan fingerprint density at radius 1 is 1.11 bits per heavy atom. The van der Waals surface area contributed by atoms with E-state index >= 15 is 0 Å². The predicted molar refractivity (Wildman–Crippen MR) is 73.9 cm³/mol. The SMILES string of the molecule is COc1ccc(C(Cl)Cc2cc(OC)ncn2)cc1. The van der Waals surface area contributed by atoms with Gasteiger partial charge in [-0.15, -0.1) is 11.6 Å². The zero-order valence-corrected chi connectivity index (χ0v) is 11.6. The molecule has 0 fully saturated rings. The quantitative estimate of drug-likeness (QED) is 0.789. The predicted octanol–water partition coefficient (Wildman–Crippen LogP) is 3.02. The van der Waals surface area contributed by atoms with Gasteiger partial charge in [0.2, 0.25) is 5.88 Å². The van der Waals surface area contributed by atoms with Gasteiger partial charge in [-0.25, -0.2) is 9.97 Å². The zero-order chi connectivity index (χ0) is 13.7. The van der Waals surface area contributed by atoms with Crippen LogP contribution >= 0.6 is 11.6 Å². The molecule has 0 saturated carbocycles. The lowest BCUT2D eigenvalue weighted by atomic mass is 10.1. The van der Waals surface area contributed by atoms with E-state index in [1.54, 1.807) is 20.3 Å². The Morgan fingerprint density at radius 3 is 2.47 bits per heavy atom. The second-order valence-electron chi connectivity index (χ2n) is 4.00. The van der Waals surface area contributed by atoms with Crippen LogP contribution in [-0.2, 0) is 6.42 Å². The third-order valence-corrected chi connectivity index (χ3v) is 3.18. The average molecular weight is 279 g/mol. The highest BCUT2D eigenvalue weighted by molar-refractivity contribution is 6.20.